The van der Waals surface area contributed by atoms with Gasteiger partial charge in [0.25, 0.3) is 0 Å². The van der Waals surface area contributed by atoms with E-state index in [0.29, 0.717) is 19.2 Å². The molecule has 0 radical (unpaired) electrons. The Balaban J connectivity index is 1.41. The van der Waals surface area contributed by atoms with Crippen LogP contribution in [0.25, 0.3) is 10.9 Å². The van der Waals surface area contributed by atoms with Gasteiger partial charge in [0, 0.05) is 43.1 Å². The maximum atomic E-state index is 5.65. The molecule has 2 aromatic heterocycles. The summed E-state index contributed by atoms with van der Waals surface area (Å²) < 4.78 is 13.1. The summed E-state index contributed by atoms with van der Waals surface area (Å²) >= 11 is 0. The summed E-state index contributed by atoms with van der Waals surface area (Å²) in [4.78, 5) is 11.1. The van der Waals surface area contributed by atoms with Gasteiger partial charge in [-0.2, -0.15) is 10.1 Å². The first kappa shape index (κ1) is 18.2. The van der Waals surface area contributed by atoms with E-state index in [2.05, 4.69) is 38.6 Å². The summed E-state index contributed by atoms with van der Waals surface area (Å²) in [7, 11) is 3.95. The van der Waals surface area contributed by atoms with Crippen molar-refractivity contribution < 1.29 is 9.47 Å². The van der Waals surface area contributed by atoms with Gasteiger partial charge in [-0.1, -0.05) is 0 Å². The molecule has 0 unspecified atom stereocenters. The standard InChI is InChI=1S/C22H22N6O2/c1-14-17-13-16(5-6-18(17)28(3)26-14)27(2)21-8-9-23-22(25-21)24-15-4-7-19-20(12-15)30-11-10-29-19/h4-9,12-13H,10-11H2,1-3H3,(H,23,24,25). The topological polar surface area (TPSA) is 77.3 Å². The molecule has 4 aromatic rings. The number of benzene rings is 2. The molecule has 152 valence electrons. The number of nitrogens with one attached hydrogen (secondary N) is 1. The molecule has 0 amide bonds. The van der Waals surface area contributed by atoms with Crippen molar-refractivity contribution in [2.75, 3.05) is 30.5 Å². The van der Waals surface area contributed by atoms with Gasteiger partial charge in [0.1, 0.15) is 19.0 Å². The van der Waals surface area contributed by atoms with Crippen molar-refractivity contribution in [3.05, 3.63) is 54.4 Å². The second-order valence-electron chi connectivity index (χ2n) is 7.19. The van der Waals surface area contributed by atoms with E-state index in [9.17, 15) is 0 Å². The number of hydrogen-bond acceptors (Lipinski definition) is 7. The van der Waals surface area contributed by atoms with Crippen LogP contribution in [0.2, 0.25) is 0 Å². The van der Waals surface area contributed by atoms with E-state index < -0.39 is 0 Å². The largest absolute Gasteiger partial charge is 0.486 e. The molecule has 0 atom stereocenters. The molecule has 1 aliphatic heterocycles. The minimum Gasteiger partial charge on any atom is -0.486 e. The molecular weight excluding hydrogens is 380 g/mol. The summed E-state index contributed by atoms with van der Waals surface area (Å²) in [6, 6.07) is 13.9. The fourth-order valence-electron chi connectivity index (χ4n) is 3.62. The number of ether oxygens (including phenoxy) is 2. The van der Waals surface area contributed by atoms with E-state index >= 15 is 0 Å². The van der Waals surface area contributed by atoms with Gasteiger partial charge < -0.3 is 19.7 Å². The number of nitrogens with zero attached hydrogens (tertiary/aromatic N) is 5. The average molecular weight is 402 g/mol. The molecule has 1 N–H and O–H groups in total. The Hall–Kier alpha value is -3.81. The third-order valence-corrected chi connectivity index (χ3v) is 5.19. The fourth-order valence-corrected chi connectivity index (χ4v) is 3.62. The van der Waals surface area contributed by atoms with Gasteiger partial charge in [-0.25, -0.2) is 4.98 Å². The lowest BCUT2D eigenvalue weighted by molar-refractivity contribution is 0.171. The average Bonchev–Trinajstić information content (AvgIpc) is 3.06. The molecule has 5 rings (SSSR count). The fraction of sp³-hybridized carbons (Fsp3) is 0.227. The van der Waals surface area contributed by atoms with E-state index in [1.54, 1.807) is 6.20 Å². The highest BCUT2D eigenvalue weighted by Crippen LogP contribution is 2.33. The second kappa shape index (κ2) is 7.22. The third-order valence-electron chi connectivity index (χ3n) is 5.19. The van der Waals surface area contributed by atoms with Crippen molar-refractivity contribution in [1.29, 1.82) is 0 Å². The lowest BCUT2D eigenvalue weighted by Crippen LogP contribution is -2.15. The zero-order chi connectivity index (χ0) is 20.7. The molecule has 3 heterocycles. The molecule has 2 aromatic carbocycles. The zero-order valence-corrected chi connectivity index (χ0v) is 17.1. The van der Waals surface area contributed by atoms with Crippen LogP contribution >= 0.6 is 0 Å². The van der Waals surface area contributed by atoms with Crippen molar-refractivity contribution in [1.82, 2.24) is 19.7 Å². The van der Waals surface area contributed by atoms with E-state index in [1.165, 1.54) is 0 Å². The van der Waals surface area contributed by atoms with E-state index in [-0.39, 0.29) is 0 Å². The smallest absolute Gasteiger partial charge is 0.229 e. The van der Waals surface area contributed by atoms with Gasteiger partial charge in [-0.3, -0.25) is 4.68 Å². The minimum absolute atomic E-state index is 0.509. The van der Waals surface area contributed by atoms with E-state index in [4.69, 9.17) is 9.47 Å². The maximum Gasteiger partial charge on any atom is 0.229 e. The Kier molecular flexibility index (Phi) is 4.39. The summed E-state index contributed by atoms with van der Waals surface area (Å²) in [5, 5.41) is 8.87. The normalized spacial score (nSPS) is 12.8. The number of fused-ring (bicyclic) bond motifs is 2. The minimum atomic E-state index is 0.509. The van der Waals surface area contributed by atoms with Crippen molar-refractivity contribution in [3.8, 4) is 11.5 Å². The molecule has 0 aliphatic carbocycles. The highest BCUT2D eigenvalue weighted by molar-refractivity contribution is 5.86. The summed E-state index contributed by atoms with van der Waals surface area (Å²) in [5.41, 5.74) is 3.98. The molecule has 0 saturated carbocycles. The van der Waals surface area contributed by atoms with Gasteiger partial charge in [0.05, 0.1) is 11.2 Å². The van der Waals surface area contributed by atoms with E-state index in [1.807, 2.05) is 54.9 Å². The van der Waals surface area contributed by atoms with Crippen LogP contribution in [0.3, 0.4) is 0 Å². The Morgan fingerprint density at radius 2 is 1.87 bits per heavy atom. The lowest BCUT2D eigenvalue weighted by Gasteiger charge is -2.20. The van der Waals surface area contributed by atoms with Crippen molar-refractivity contribution >= 4 is 34.0 Å². The van der Waals surface area contributed by atoms with Gasteiger partial charge in [0.2, 0.25) is 5.95 Å². The number of rotatable bonds is 4. The van der Waals surface area contributed by atoms with Crippen molar-refractivity contribution in [2.24, 2.45) is 7.05 Å². The molecular formula is C22H22N6O2. The Morgan fingerprint density at radius 3 is 2.73 bits per heavy atom. The molecule has 0 bridgehead atoms. The van der Waals surface area contributed by atoms with Crippen LogP contribution in [0.5, 0.6) is 11.5 Å². The van der Waals surface area contributed by atoms with Crippen LogP contribution in [0.4, 0.5) is 23.1 Å². The summed E-state index contributed by atoms with van der Waals surface area (Å²) in [6.45, 7) is 3.14. The molecule has 0 fully saturated rings. The first-order valence-electron chi connectivity index (χ1n) is 9.75. The van der Waals surface area contributed by atoms with Crippen LogP contribution in [-0.2, 0) is 7.05 Å². The van der Waals surface area contributed by atoms with Crippen LogP contribution < -0.4 is 19.7 Å². The predicted octanol–water partition coefficient (Wildman–Crippen LogP) is 3.95. The molecule has 0 spiro atoms. The van der Waals surface area contributed by atoms with Gasteiger partial charge in [0.15, 0.2) is 11.5 Å². The third kappa shape index (κ3) is 3.26. The van der Waals surface area contributed by atoms with Crippen LogP contribution in [0, 0.1) is 6.92 Å². The highest BCUT2D eigenvalue weighted by atomic mass is 16.6. The lowest BCUT2D eigenvalue weighted by atomic mass is 10.2. The van der Waals surface area contributed by atoms with E-state index in [0.717, 1.165) is 45.3 Å². The highest BCUT2D eigenvalue weighted by Gasteiger charge is 2.14. The molecule has 8 heteroatoms. The number of aromatic nitrogens is 4. The second-order valence-corrected chi connectivity index (χ2v) is 7.19. The first-order valence-corrected chi connectivity index (χ1v) is 9.75. The summed E-state index contributed by atoms with van der Waals surface area (Å²) in [5.74, 6) is 2.77. The quantitative estimate of drug-likeness (QED) is 0.554. The molecule has 8 nitrogen and oxygen atoms in total. The molecule has 0 saturated heterocycles. The Bertz CT molecular complexity index is 1240. The SMILES string of the molecule is Cc1nn(C)c2ccc(N(C)c3ccnc(Nc4ccc5c(c4)OCCO5)n3)cc12. The number of anilines is 4. The van der Waals surface area contributed by atoms with Gasteiger partial charge >= 0.3 is 0 Å². The maximum absolute atomic E-state index is 5.65. The number of hydrogen-bond donors (Lipinski definition) is 1. The van der Waals surface area contributed by atoms with Crippen LogP contribution in [0.1, 0.15) is 5.69 Å². The van der Waals surface area contributed by atoms with Crippen LogP contribution in [-0.4, -0.2) is 40.0 Å². The monoisotopic (exact) mass is 402 g/mol. The molecule has 30 heavy (non-hydrogen) atoms. The van der Waals surface area contributed by atoms with Gasteiger partial charge in [-0.15, -0.1) is 0 Å². The molecule has 1 aliphatic rings. The predicted molar refractivity (Wildman–Crippen MR) is 116 cm³/mol. The summed E-state index contributed by atoms with van der Waals surface area (Å²) in [6.07, 6.45) is 1.74. The Morgan fingerprint density at radius 1 is 1.03 bits per heavy atom. The van der Waals surface area contributed by atoms with Crippen molar-refractivity contribution in [2.45, 2.75) is 6.92 Å². The first-order chi connectivity index (χ1) is 14.6. The van der Waals surface area contributed by atoms with Gasteiger partial charge in [-0.05, 0) is 43.3 Å². The zero-order valence-electron chi connectivity index (χ0n) is 17.1. The van der Waals surface area contributed by atoms with Crippen molar-refractivity contribution in [3.63, 3.8) is 0 Å². The number of aryl methyl sites for hydroxylation is 2. The van der Waals surface area contributed by atoms with Crippen LogP contribution in [0.15, 0.2) is 48.7 Å². The Labute approximate surface area is 174 Å².